The van der Waals surface area contributed by atoms with Gasteiger partial charge in [0.25, 0.3) is 0 Å². The van der Waals surface area contributed by atoms with E-state index in [4.69, 9.17) is 14.7 Å². The number of methoxy groups -OCH3 is 2. The summed E-state index contributed by atoms with van der Waals surface area (Å²) in [4.78, 5) is 2.34. The van der Waals surface area contributed by atoms with Crippen LogP contribution in [0.4, 0.5) is 0 Å². The molecule has 19 heavy (non-hydrogen) atoms. The third kappa shape index (κ3) is 6.35. The SMILES string of the molecule is COCCCN(CCOC)Cc1ccc(C#N)cc1. The van der Waals surface area contributed by atoms with Crippen molar-refractivity contribution >= 4 is 0 Å². The van der Waals surface area contributed by atoms with E-state index in [1.807, 2.05) is 24.3 Å². The summed E-state index contributed by atoms with van der Waals surface area (Å²) in [5.74, 6) is 0. The maximum Gasteiger partial charge on any atom is 0.0991 e. The van der Waals surface area contributed by atoms with Gasteiger partial charge in [-0.1, -0.05) is 12.1 Å². The summed E-state index contributed by atoms with van der Waals surface area (Å²) in [5.41, 5.74) is 1.92. The van der Waals surface area contributed by atoms with Crippen molar-refractivity contribution in [3.63, 3.8) is 0 Å². The van der Waals surface area contributed by atoms with Crippen LogP contribution in [0.15, 0.2) is 24.3 Å². The van der Waals surface area contributed by atoms with Crippen molar-refractivity contribution in [2.24, 2.45) is 0 Å². The highest BCUT2D eigenvalue weighted by Crippen LogP contribution is 2.07. The second-order valence-corrected chi connectivity index (χ2v) is 4.42. The quantitative estimate of drug-likeness (QED) is 0.639. The van der Waals surface area contributed by atoms with Gasteiger partial charge < -0.3 is 9.47 Å². The molecule has 0 unspecified atom stereocenters. The lowest BCUT2D eigenvalue weighted by atomic mass is 10.1. The van der Waals surface area contributed by atoms with Crippen molar-refractivity contribution in [3.8, 4) is 6.07 Å². The molecule has 0 amide bonds. The Balaban J connectivity index is 2.51. The molecular weight excluding hydrogens is 240 g/mol. The van der Waals surface area contributed by atoms with Crippen LogP contribution in [0.5, 0.6) is 0 Å². The van der Waals surface area contributed by atoms with Crippen molar-refractivity contribution < 1.29 is 9.47 Å². The van der Waals surface area contributed by atoms with Gasteiger partial charge in [0.15, 0.2) is 0 Å². The van der Waals surface area contributed by atoms with Crippen LogP contribution in [0.25, 0.3) is 0 Å². The summed E-state index contributed by atoms with van der Waals surface area (Å²) in [6, 6.07) is 9.87. The molecule has 4 nitrogen and oxygen atoms in total. The van der Waals surface area contributed by atoms with E-state index >= 15 is 0 Å². The number of rotatable bonds is 9. The third-order valence-electron chi connectivity index (χ3n) is 2.92. The van der Waals surface area contributed by atoms with Crippen LogP contribution in [0.3, 0.4) is 0 Å². The molecule has 0 N–H and O–H groups in total. The zero-order chi connectivity index (χ0) is 13.9. The predicted molar refractivity (Wildman–Crippen MR) is 74.8 cm³/mol. The van der Waals surface area contributed by atoms with E-state index < -0.39 is 0 Å². The highest BCUT2D eigenvalue weighted by molar-refractivity contribution is 5.31. The van der Waals surface area contributed by atoms with Gasteiger partial charge in [0.2, 0.25) is 0 Å². The molecule has 104 valence electrons. The Kier molecular flexibility index (Phi) is 7.83. The van der Waals surface area contributed by atoms with E-state index in [0.29, 0.717) is 5.56 Å². The van der Waals surface area contributed by atoms with E-state index in [-0.39, 0.29) is 0 Å². The second-order valence-electron chi connectivity index (χ2n) is 4.42. The van der Waals surface area contributed by atoms with Gasteiger partial charge in [-0.05, 0) is 24.1 Å². The van der Waals surface area contributed by atoms with Gasteiger partial charge >= 0.3 is 0 Å². The lowest BCUT2D eigenvalue weighted by Crippen LogP contribution is -2.28. The van der Waals surface area contributed by atoms with Crippen LogP contribution in [0.2, 0.25) is 0 Å². The molecule has 0 fully saturated rings. The van der Waals surface area contributed by atoms with Gasteiger partial charge in [0.1, 0.15) is 0 Å². The first kappa shape index (κ1) is 15.6. The van der Waals surface area contributed by atoms with E-state index in [9.17, 15) is 0 Å². The smallest absolute Gasteiger partial charge is 0.0991 e. The molecule has 0 saturated heterocycles. The molecule has 0 radical (unpaired) electrons. The number of benzene rings is 1. The molecule has 1 aromatic rings. The standard InChI is InChI=1S/C15H22N2O2/c1-18-10-3-8-17(9-11-19-2)13-15-6-4-14(12-16)5-7-15/h4-7H,3,8-11,13H2,1-2H3. The van der Waals surface area contributed by atoms with Crippen LogP contribution in [0.1, 0.15) is 17.5 Å². The van der Waals surface area contributed by atoms with Gasteiger partial charge in [-0.3, -0.25) is 4.90 Å². The molecule has 0 aliphatic heterocycles. The molecule has 1 rings (SSSR count). The van der Waals surface area contributed by atoms with Crippen molar-refractivity contribution in [3.05, 3.63) is 35.4 Å². The van der Waals surface area contributed by atoms with Crippen molar-refractivity contribution in [1.82, 2.24) is 4.90 Å². The van der Waals surface area contributed by atoms with Gasteiger partial charge in [0.05, 0.1) is 18.2 Å². The van der Waals surface area contributed by atoms with E-state index in [1.54, 1.807) is 14.2 Å². The summed E-state index contributed by atoms with van der Waals surface area (Å²) in [6.07, 6.45) is 1.01. The first-order chi connectivity index (χ1) is 9.30. The molecule has 0 aliphatic carbocycles. The molecule has 4 heteroatoms. The summed E-state index contributed by atoms with van der Waals surface area (Å²) >= 11 is 0. The lowest BCUT2D eigenvalue weighted by molar-refractivity contribution is 0.129. The fourth-order valence-corrected chi connectivity index (χ4v) is 1.87. The first-order valence-corrected chi connectivity index (χ1v) is 6.49. The van der Waals surface area contributed by atoms with E-state index in [1.165, 1.54) is 5.56 Å². The lowest BCUT2D eigenvalue weighted by Gasteiger charge is -2.22. The third-order valence-corrected chi connectivity index (χ3v) is 2.92. The Hall–Kier alpha value is -1.41. The van der Waals surface area contributed by atoms with Gasteiger partial charge in [-0.15, -0.1) is 0 Å². The van der Waals surface area contributed by atoms with E-state index in [0.717, 1.165) is 39.3 Å². The van der Waals surface area contributed by atoms with Gasteiger partial charge in [-0.2, -0.15) is 5.26 Å². The molecule has 0 saturated carbocycles. The number of ether oxygens (including phenoxy) is 2. The zero-order valence-electron chi connectivity index (χ0n) is 11.8. The number of nitrogens with zero attached hydrogens (tertiary/aromatic N) is 2. The maximum atomic E-state index is 8.78. The van der Waals surface area contributed by atoms with Crippen LogP contribution < -0.4 is 0 Å². The zero-order valence-corrected chi connectivity index (χ0v) is 11.8. The summed E-state index contributed by atoms with van der Waals surface area (Å²) in [7, 11) is 3.44. The minimum atomic E-state index is 0.701. The van der Waals surface area contributed by atoms with Crippen LogP contribution in [-0.4, -0.2) is 45.4 Å². The van der Waals surface area contributed by atoms with Crippen molar-refractivity contribution in [1.29, 1.82) is 5.26 Å². The van der Waals surface area contributed by atoms with E-state index in [2.05, 4.69) is 11.0 Å². The molecule has 0 bridgehead atoms. The van der Waals surface area contributed by atoms with Crippen LogP contribution in [0, 0.1) is 11.3 Å². The fraction of sp³-hybridized carbons (Fsp3) is 0.533. The van der Waals surface area contributed by atoms with Gasteiger partial charge in [-0.25, -0.2) is 0 Å². The molecule has 0 atom stereocenters. The predicted octanol–water partition coefficient (Wildman–Crippen LogP) is 2.04. The Morgan fingerprint density at radius 3 is 2.32 bits per heavy atom. The average Bonchev–Trinajstić information content (AvgIpc) is 2.45. The van der Waals surface area contributed by atoms with Crippen molar-refractivity contribution in [2.45, 2.75) is 13.0 Å². The summed E-state index contributed by atoms with van der Waals surface area (Å²) < 4.78 is 10.2. The largest absolute Gasteiger partial charge is 0.385 e. The average molecular weight is 262 g/mol. The van der Waals surface area contributed by atoms with Crippen molar-refractivity contribution in [2.75, 3.05) is 40.5 Å². The number of hydrogen-bond acceptors (Lipinski definition) is 4. The summed E-state index contributed by atoms with van der Waals surface area (Å²) in [5, 5.41) is 8.78. The van der Waals surface area contributed by atoms with Gasteiger partial charge in [0, 0.05) is 40.5 Å². The Morgan fingerprint density at radius 2 is 1.74 bits per heavy atom. The Bertz CT molecular complexity index is 384. The van der Waals surface area contributed by atoms with Crippen LogP contribution in [-0.2, 0) is 16.0 Å². The molecule has 0 aromatic heterocycles. The topological polar surface area (TPSA) is 45.5 Å². The molecular formula is C15H22N2O2. The number of nitriles is 1. The monoisotopic (exact) mass is 262 g/mol. The highest BCUT2D eigenvalue weighted by Gasteiger charge is 2.05. The number of hydrogen-bond donors (Lipinski definition) is 0. The molecule has 0 heterocycles. The highest BCUT2D eigenvalue weighted by atomic mass is 16.5. The Labute approximate surface area is 115 Å². The normalized spacial score (nSPS) is 10.6. The Morgan fingerprint density at radius 1 is 1.05 bits per heavy atom. The fourth-order valence-electron chi connectivity index (χ4n) is 1.87. The van der Waals surface area contributed by atoms with Crippen LogP contribution >= 0.6 is 0 Å². The molecule has 0 spiro atoms. The minimum Gasteiger partial charge on any atom is -0.385 e. The summed E-state index contributed by atoms with van der Waals surface area (Å²) in [6.45, 7) is 4.26. The minimum absolute atomic E-state index is 0.701. The maximum absolute atomic E-state index is 8.78. The molecule has 0 aliphatic rings. The second kappa shape index (κ2) is 9.51. The molecule has 1 aromatic carbocycles. The first-order valence-electron chi connectivity index (χ1n) is 6.49.